The minimum absolute atomic E-state index is 0.00661. The van der Waals surface area contributed by atoms with E-state index in [4.69, 9.17) is 11.5 Å². The van der Waals surface area contributed by atoms with Gasteiger partial charge in [0.1, 0.15) is 6.04 Å². The van der Waals surface area contributed by atoms with Crippen molar-refractivity contribution < 1.29 is 33.8 Å². The van der Waals surface area contributed by atoms with Gasteiger partial charge >= 0.3 is 7.60 Å². The molecule has 9 N–H and O–H groups in total. The summed E-state index contributed by atoms with van der Waals surface area (Å²) in [6.07, 6.45) is -1.35. The van der Waals surface area contributed by atoms with Crippen molar-refractivity contribution in [1.29, 1.82) is 0 Å². The zero-order valence-electron chi connectivity index (χ0n) is 24.4. The Morgan fingerprint density at radius 1 is 0.844 bits per heavy atom. The Kier molecular flexibility index (Phi) is 10.3. The van der Waals surface area contributed by atoms with Gasteiger partial charge in [0.05, 0.1) is 12.1 Å². The first-order valence-corrected chi connectivity index (χ1v) is 15.7. The molecule has 0 spiro atoms. The molecule has 234 valence electrons. The predicted octanol–water partition coefficient (Wildman–Crippen LogP) is 2.38. The standard InChI is InChI=1S/C33H35N4O7P/c1-21(38)29(36-31(40)28(34)19-22-11-5-2-6-12-22)32(41)37-33(45(42,43)44,25-15-9-4-10-16-25)27-18-17-24(30(35)39)20-26(27)23-13-7-3-8-14-23/h2-18,20-21,28-29,38H,19,34H2,1H3,(H2,35,39)(H,36,40)(H,37,41)(H2,42,43,44). The molecule has 4 aromatic rings. The van der Waals surface area contributed by atoms with Gasteiger partial charge in [-0.05, 0) is 47.7 Å². The van der Waals surface area contributed by atoms with Crippen molar-refractivity contribution in [2.24, 2.45) is 11.5 Å². The van der Waals surface area contributed by atoms with Gasteiger partial charge in [0.25, 0.3) is 0 Å². The van der Waals surface area contributed by atoms with Crippen LogP contribution < -0.4 is 22.1 Å². The van der Waals surface area contributed by atoms with Crippen molar-refractivity contribution in [2.75, 3.05) is 0 Å². The zero-order chi connectivity index (χ0) is 32.8. The van der Waals surface area contributed by atoms with Crippen molar-refractivity contribution in [3.63, 3.8) is 0 Å². The summed E-state index contributed by atoms with van der Waals surface area (Å²) in [6, 6.07) is 26.3. The second-order valence-corrected chi connectivity index (χ2v) is 12.4. The summed E-state index contributed by atoms with van der Waals surface area (Å²) >= 11 is 0. The molecule has 0 bridgehead atoms. The minimum Gasteiger partial charge on any atom is -0.391 e. The summed E-state index contributed by atoms with van der Waals surface area (Å²) in [4.78, 5) is 61.5. The molecule has 0 saturated heterocycles. The maximum Gasteiger partial charge on any atom is 0.360 e. The van der Waals surface area contributed by atoms with E-state index >= 15 is 0 Å². The zero-order valence-corrected chi connectivity index (χ0v) is 25.3. The highest BCUT2D eigenvalue weighted by Gasteiger charge is 2.53. The van der Waals surface area contributed by atoms with E-state index in [1.807, 2.05) is 6.07 Å². The van der Waals surface area contributed by atoms with E-state index in [1.165, 1.54) is 37.3 Å². The molecule has 0 aliphatic heterocycles. The number of nitrogens with two attached hydrogens (primary N) is 2. The maximum absolute atomic E-state index is 14.0. The molecule has 0 saturated carbocycles. The van der Waals surface area contributed by atoms with Gasteiger partial charge in [-0.1, -0.05) is 97.1 Å². The van der Waals surface area contributed by atoms with Crippen molar-refractivity contribution in [1.82, 2.24) is 10.6 Å². The van der Waals surface area contributed by atoms with Crippen LogP contribution in [0.4, 0.5) is 0 Å². The lowest BCUT2D eigenvalue weighted by atomic mass is 9.88. The van der Waals surface area contributed by atoms with Crippen LogP contribution in [0, 0.1) is 0 Å². The summed E-state index contributed by atoms with van der Waals surface area (Å²) in [6.45, 7) is 1.26. The van der Waals surface area contributed by atoms with E-state index in [0.717, 1.165) is 5.56 Å². The van der Waals surface area contributed by atoms with E-state index in [2.05, 4.69) is 10.6 Å². The first-order valence-electron chi connectivity index (χ1n) is 14.1. The van der Waals surface area contributed by atoms with Gasteiger partial charge in [-0.25, -0.2) is 0 Å². The predicted molar refractivity (Wildman–Crippen MR) is 170 cm³/mol. The number of nitrogens with one attached hydrogen (secondary N) is 2. The second kappa shape index (κ2) is 14.0. The van der Waals surface area contributed by atoms with Crippen molar-refractivity contribution in [2.45, 2.75) is 36.8 Å². The molecule has 0 aliphatic carbocycles. The molecule has 11 nitrogen and oxygen atoms in total. The summed E-state index contributed by atoms with van der Waals surface area (Å²) in [7, 11) is -5.43. The van der Waals surface area contributed by atoms with Gasteiger partial charge in [-0.15, -0.1) is 0 Å². The molecule has 45 heavy (non-hydrogen) atoms. The lowest BCUT2D eigenvalue weighted by Gasteiger charge is -2.39. The molecule has 0 heterocycles. The van der Waals surface area contributed by atoms with Gasteiger partial charge < -0.3 is 37.0 Å². The Labute approximate surface area is 260 Å². The third kappa shape index (κ3) is 7.37. The summed E-state index contributed by atoms with van der Waals surface area (Å²) in [5, 5.41) is 13.0. The molecule has 4 rings (SSSR count). The van der Waals surface area contributed by atoms with Gasteiger partial charge in [0.2, 0.25) is 17.7 Å². The van der Waals surface area contributed by atoms with Crippen LogP contribution in [-0.2, 0) is 25.9 Å². The van der Waals surface area contributed by atoms with Crippen LogP contribution in [0.15, 0.2) is 109 Å². The van der Waals surface area contributed by atoms with E-state index in [1.54, 1.807) is 72.8 Å². The highest BCUT2D eigenvalue weighted by Crippen LogP contribution is 2.60. The van der Waals surface area contributed by atoms with E-state index in [0.29, 0.717) is 5.56 Å². The molecule has 12 heteroatoms. The van der Waals surface area contributed by atoms with E-state index in [-0.39, 0.29) is 28.7 Å². The van der Waals surface area contributed by atoms with Crippen molar-refractivity contribution in [3.8, 4) is 11.1 Å². The normalized spacial score (nSPS) is 14.8. The average Bonchev–Trinajstić information content (AvgIpc) is 3.02. The van der Waals surface area contributed by atoms with Crippen LogP contribution >= 0.6 is 7.60 Å². The van der Waals surface area contributed by atoms with Gasteiger partial charge in [0, 0.05) is 11.1 Å². The van der Waals surface area contributed by atoms with Gasteiger partial charge in [-0.2, -0.15) is 0 Å². The number of aliphatic hydroxyl groups is 1. The molecule has 0 radical (unpaired) electrons. The molecular weight excluding hydrogens is 595 g/mol. The Hall–Kier alpha value is -4.64. The van der Waals surface area contributed by atoms with Crippen molar-refractivity contribution >= 4 is 25.3 Å². The third-order valence-corrected chi connectivity index (χ3v) is 8.89. The molecule has 4 unspecified atom stereocenters. The summed E-state index contributed by atoms with van der Waals surface area (Å²) < 4.78 is 13.7. The topological polar surface area (TPSA) is 205 Å². The fourth-order valence-electron chi connectivity index (χ4n) is 5.12. The Bertz CT molecular complexity index is 1700. The number of carbonyl (C=O) groups excluding carboxylic acids is 3. The smallest absolute Gasteiger partial charge is 0.360 e. The largest absolute Gasteiger partial charge is 0.391 e. The lowest BCUT2D eigenvalue weighted by Crippen LogP contribution is -2.59. The molecule has 0 aliphatic rings. The number of aliphatic hydroxyl groups excluding tert-OH is 1. The number of amides is 3. The monoisotopic (exact) mass is 630 g/mol. The molecule has 3 amide bonds. The van der Waals surface area contributed by atoms with Crippen LogP contribution in [0.3, 0.4) is 0 Å². The summed E-state index contributed by atoms with van der Waals surface area (Å²) in [5.41, 5.74) is 13.1. The SMILES string of the molecule is CC(O)C(NC(=O)C(N)Cc1ccccc1)C(=O)NC(c1ccccc1)(c1ccc(C(N)=O)cc1-c1ccccc1)P(=O)(O)O. The van der Waals surface area contributed by atoms with E-state index in [9.17, 15) is 33.8 Å². The van der Waals surface area contributed by atoms with E-state index < -0.39 is 48.8 Å². The average molecular weight is 631 g/mol. The van der Waals surface area contributed by atoms with Crippen LogP contribution in [-0.4, -0.2) is 50.8 Å². The minimum atomic E-state index is -5.43. The molecule has 0 fully saturated rings. The molecule has 0 aromatic heterocycles. The van der Waals surface area contributed by atoms with Crippen molar-refractivity contribution in [3.05, 3.63) is 131 Å². The van der Waals surface area contributed by atoms with Crippen LogP contribution in [0.1, 0.15) is 34.0 Å². The molecule has 4 aromatic carbocycles. The lowest BCUT2D eigenvalue weighted by molar-refractivity contribution is -0.132. The van der Waals surface area contributed by atoms with Crippen LogP contribution in [0.25, 0.3) is 11.1 Å². The first kappa shape index (κ1) is 33.3. The Morgan fingerprint density at radius 3 is 1.93 bits per heavy atom. The number of benzene rings is 4. The number of rotatable bonds is 12. The van der Waals surface area contributed by atoms with Crippen LogP contribution in [0.2, 0.25) is 0 Å². The number of hydrogen-bond acceptors (Lipinski definition) is 6. The highest BCUT2D eigenvalue weighted by atomic mass is 31.2. The fourth-order valence-corrected chi connectivity index (χ4v) is 6.37. The second-order valence-electron chi connectivity index (χ2n) is 10.6. The number of hydrogen-bond donors (Lipinski definition) is 7. The Morgan fingerprint density at radius 2 is 1.40 bits per heavy atom. The number of primary amides is 1. The summed E-state index contributed by atoms with van der Waals surface area (Å²) in [5.74, 6) is -2.61. The van der Waals surface area contributed by atoms with Gasteiger partial charge in [-0.3, -0.25) is 18.9 Å². The fraction of sp³-hybridized carbons (Fsp3) is 0.182. The third-order valence-electron chi connectivity index (χ3n) is 7.41. The first-order chi connectivity index (χ1) is 21.3. The number of carbonyl (C=O) groups is 3. The van der Waals surface area contributed by atoms with Crippen LogP contribution in [0.5, 0.6) is 0 Å². The van der Waals surface area contributed by atoms with Gasteiger partial charge in [0.15, 0.2) is 5.28 Å². The highest BCUT2D eigenvalue weighted by molar-refractivity contribution is 7.53. The quantitative estimate of drug-likeness (QED) is 0.115. The molecule has 4 atom stereocenters. The molecular formula is C33H35N4O7P. The Balaban J connectivity index is 1.84. The maximum atomic E-state index is 14.0.